The molecule has 25 heavy (non-hydrogen) atoms. The number of aryl methyl sites for hydroxylation is 1. The molecule has 5 nitrogen and oxygen atoms in total. The van der Waals surface area contributed by atoms with Gasteiger partial charge in [0.05, 0.1) is 12.8 Å². The number of methoxy groups -OCH3 is 1. The van der Waals surface area contributed by atoms with Crippen LogP contribution >= 0.6 is 0 Å². The second-order valence-electron chi connectivity index (χ2n) is 5.54. The highest BCUT2D eigenvalue weighted by Gasteiger charge is 2.08. The molecule has 0 saturated carbocycles. The summed E-state index contributed by atoms with van der Waals surface area (Å²) >= 11 is 0. The third-order valence-electron chi connectivity index (χ3n) is 3.51. The predicted octanol–water partition coefficient (Wildman–Crippen LogP) is 3.16. The summed E-state index contributed by atoms with van der Waals surface area (Å²) in [6.07, 6.45) is 3.37. The Bertz CT molecular complexity index is 755. The zero-order chi connectivity index (χ0) is 18.1. The summed E-state index contributed by atoms with van der Waals surface area (Å²) in [7, 11) is 1.56. The monoisotopic (exact) mass is 338 g/mol. The molecule has 2 rings (SSSR count). The Balaban J connectivity index is 1.78. The molecule has 0 fully saturated rings. The molecule has 0 aliphatic heterocycles. The predicted molar refractivity (Wildman–Crippen MR) is 99.5 cm³/mol. The lowest BCUT2D eigenvalue weighted by atomic mass is 10.2. The van der Waals surface area contributed by atoms with Crippen LogP contribution in [-0.2, 0) is 9.59 Å². The molecule has 0 radical (unpaired) electrons. The smallest absolute Gasteiger partial charge is 0.244 e. The number of benzene rings is 2. The summed E-state index contributed by atoms with van der Waals surface area (Å²) in [6, 6.07) is 15.1. The van der Waals surface area contributed by atoms with E-state index in [1.165, 1.54) is 6.08 Å². The van der Waals surface area contributed by atoms with E-state index in [0.29, 0.717) is 11.4 Å². The minimum Gasteiger partial charge on any atom is -0.495 e. The van der Waals surface area contributed by atoms with Crippen molar-refractivity contribution in [2.45, 2.75) is 13.3 Å². The van der Waals surface area contributed by atoms with E-state index >= 15 is 0 Å². The highest BCUT2D eigenvalue weighted by atomic mass is 16.5. The topological polar surface area (TPSA) is 67.4 Å². The van der Waals surface area contributed by atoms with Crippen LogP contribution in [0.5, 0.6) is 5.75 Å². The van der Waals surface area contributed by atoms with Gasteiger partial charge in [-0.15, -0.1) is 0 Å². The van der Waals surface area contributed by atoms with Gasteiger partial charge in [0.2, 0.25) is 11.8 Å². The first-order valence-corrected chi connectivity index (χ1v) is 8.04. The largest absolute Gasteiger partial charge is 0.495 e. The molecule has 0 aromatic heterocycles. The maximum Gasteiger partial charge on any atom is 0.244 e. The molecule has 0 aliphatic carbocycles. The lowest BCUT2D eigenvalue weighted by Crippen LogP contribution is -2.26. The van der Waals surface area contributed by atoms with Crippen molar-refractivity contribution in [3.63, 3.8) is 0 Å². The van der Waals surface area contributed by atoms with E-state index in [9.17, 15) is 9.59 Å². The highest BCUT2D eigenvalue weighted by molar-refractivity contribution is 5.94. The third kappa shape index (κ3) is 6.14. The number of carbonyl (C=O) groups is 2. The summed E-state index contributed by atoms with van der Waals surface area (Å²) in [5, 5.41) is 5.49. The molecule has 130 valence electrons. The van der Waals surface area contributed by atoms with Crippen molar-refractivity contribution in [1.82, 2.24) is 5.32 Å². The van der Waals surface area contributed by atoms with Gasteiger partial charge in [-0.1, -0.05) is 36.4 Å². The second-order valence-corrected chi connectivity index (χ2v) is 5.54. The van der Waals surface area contributed by atoms with E-state index in [0.717, 1.165) is 11.1 Å². The summed E-state index contributed by atoms with van der Waals surface area (Å²) in [4.78, 5) is 23.8. The number of carbonyl (C=O) groups excluding carboxylic acids is 2. The number of nitrogens with one attached hydrogen (secondary N) is 2. The van der Waals surface area contributed by atoms with E-state index in [1.54, 1.807) is 19.3 Å². The van der Waals surface area contributed by atoms with Crippen molar-refractivity contribution in [3.8, 4) is 5.75 Å². The van der Waals surface area contributed by atoms with Gasteiger partial charge in [-0.2, -0.15) is 0 Å². The van der Waals surface area contributed by atoms with Gasteiger partial charge >= 0.3 is 0 Å². The molecular formula is C20H22N2O3. The third-order valence-corrected chi connectivity index (χ3v) is 3.51. The van der Waals surface area contributed by atoms with Crippen molar-refractivity contribution < 1.29 is 14.3 Å². The van der Waals surface area contributed by atoms with Crippen LogP contribution in [-0.4, -0.2) is 25.5 Å². The molecule has 5 heteroatoms. The van der Waals surface area contributed by atoms with Gasteiger partial charge in [-0.25, -0.2) is 0 Å². The number of anilines is 1. The van der Waals surface area contributed by atoms with Crippen LogP contribution < -0.4 is 15.4 Å². The van der Waals surface area contributed by atoms with Crippen molar-refractivity contribution in [2.24, 2.45) is 0 Å². The molecule has 2 amide bonds. The minimum absolute atomic E-state index is 0.183. The first-order chi connectivity index (χ1) is 12.1. The van der Waals surface area contributed by atoms with E-state index in [2.05, 4.69) is 10.6 Å². The van der Waals surface area contributed by atoms with Crippen LogP contribution in [0.4, 0.5) is 5.69 Å². The van der Waals surface area contributed by atoms with Crippen molar-refractivity contribution in [3.05, 3.63) is 65.7 Å². The quantitative estimate of drug-likeness (QED) is 0.762. The minimum atomic E-state index is -0.232. The normalized spacial score (nSPS) is 10.5. The van der Waals surface area contributed by atoms with Crippen LogP contribution in [0.3, 0.4) is 0 Å². The fourth-order valence-corrected chi connectivity index (χ4v) is 2.23. The Morgan fingerprint density at radius 2 is 1.88 bits per heavy atom. The first kappa shape index (κ1) is 18.3. The molecule has 2 N–H and O–H groups in total. The zero-order valence-electron chi connectivity index (χ0n) is 14.4. The van der Waals surface area contributed by atoms with Crippen LogP contribution in [0.1, 0.15) is 17.5 Å². The van der Waals surface area contributed by atoms with Gasteiger partial charge < -0.3 is 15.4 Å². The highest BCUT2D eigenvalue weighted by Crippen LogP contribution is 2.25. The standard InChI is InChI=1S/C20H22N2O3/c1-15-8-10-18(25-2)17(14-15)22-20(24)12-13-21-19(23)11-9-16-6-4-3-5-7-16/h3-11,14H,12-13H2,1-2H3,(H,21,23)(H,22,24). The Kier molecular flexibility index (Phi) is 6.77. The van der Waals surface area contributed by atoms with Crippen molar-refractivity contribution in [2.75, 3.05) is 19.0 Å². The zero-order valence-corrected chi connectivity index (χ0v) is 14.4. The van der Waals surface area contributed by atoms with Gasteiger partial charge in [0.1, 0.15) is 5.75 Å². The van der Waals surface area contributed by atoms with E-state index < -0.39 is 0 Å². The maximum absolute atomic E-state index is 12.0. The lowest BCUT2D eigenvalue weighted by Gasteiger charge is -2.11. The summed E-state index contributed by atoms with van der Waals surface area (Å²) in [5.74, 6) is 0.190. The fourth-order valence-electron chi connectivity index (χ4n) is 2.23. The van der Waals surface area contributed by atoms with E-state index in [1.807, 2.05) is 49.4 Å². The Labute approximate surface area is 147 Å². The lowest BCUT2D eigenvalue weighted by molar-refractivity contribution is -0.117. The SMILES string of the molecule is COc1ccc(C)cc1NC(=O)CCNC(=O)C=Cc1ccccc1. The molecule has 0 spiro atoms. The average molecular weight is 338 g/mol. The van der Waals surface area contributed by atoms with Gasteiger partial charge in [-0.05, 0) is 36.3 Å². The Morgan fingerprint density at radius 3 is 2.60 bits per heavy atom. The van der Waals surface area contributed by atoms with Crippen LogP contribution in [0.2, 0.25) is 0 Å². The molecule has 0 heterocycles. The number of ether oxygens (including phenoxy) is 1. The molecule has 0 aliphatic rings. The van der Waals surface area contributed by atoms with E-state index in [-0.39, 0.29) is 24.8 Å². The Hall–Kier alpha value is -3.08. The van der Waals surface area contributed by atoms with Crippen LogP contribution in [0.25, 0.3) is 6.08 Å². The Morgan fingerprint density at radius 1 is 1.12 bits per heavy atom. The molecule has 0 saturated heterocycles. The summed E-state index contributed by atoms with van der Waals surface area (Å²) in [5.41, 5.74) is 2.60. The molecule has 2 aromatic rings. The fraction of sp³-hybridized carbons (Fsp3) is 0.200. The molecule has 0 unspecified atom stereocenters. The number of amides is 2. The first-order valence-electron chi connectivity index (χ1n) is 8.04. The van der Waals surface area contributed by atoms with Crippen LogP contribution in [0.15, 0.2) is 54.6 Å². The molecule has 0 bridgehead atoms. The van der Waals surface area contributed by atoms with Gasteiger partial charge in [0.15, 0.2) is 0 Å². The van der Waals surface area contributed by atoms with Crippen molar-refractivity contribution >= 4 is 23.6 Å². The second kappa shape index (κ2) is 9.27. The molecule has 2 aromatic carbocycles. The maximum atomic E-state index is 12.0. The summed E-state index contributed by atoms with van der Waals surface area (Å²) < 4.78 is 5.22. The van der Waals surface area contributed by atoms with Crippen molar-refractivity contribution in [1.29, 1.82) is 0 Å². The van der Waals surface area contributed by atoms with E-state index in [4.69, 9.17) is 4.74 Å². The average Bonchev–Trinajstić information content (AvgIpc) is 2.61. The number of rotatable bonds is 7. The summed E-state index contributed by atoms with van der Waals surface area (Å²) in [6.45, 7) is 2.20. The van der Waals surface area contributed by atoms with Crippen LogP contribution in [0, 0.1) is 6.92 Å². The number of hydrogen-bond donors (Lipinski definition) is 2. The molecule has 0 atom stereocenters. The van der Waals surface area contributed by atoms with Gasteiger partial charge in [0, 0.05) is 19.0 Å². The van der Waals surface area contributed by atoms with Gasteiger partial charge in [-0.3, -0.25) is 9.59 Å². The molecular weight excluding hydrogens is 316 g/mol. The number of hydrogen-bond acceptors (Lipinski definition) is 3. The van der Waals surface area contributed by atoms with Gasteiger partial charge in [0.25, 0.3) is 0 Å².